The molecule has 1 fully saturated rings. The number of rotatable bonds is 3. The highest BCUT2D eigenvalue weighted by atomic mass is 19.1. The van der Waals surface area contributed by atoms with E-state index in [4.69, 9.17) is 9.84 Å². The second-order valence-electron chi connectivity index (χ2n) is 7.91. The predicted molar refractivity (Wildman–Crippen MR) is 110 cm³/mol. The Morgan fingerprint density at radius 3 is 2.73 bits per heavy atom. The number of carbonyl (C=O) groups excluding carboxylic acids is 1. The van der Waals surface area contributed by atoms with Gasteiger partial charge in [0.2, 0.25) is 5.91 Å². The number of amides is 1. The Morgan fingerprint density at radius 1 is 1.17 bits per heavy atom. The number of fused-ring (bicyclic) bond motifs is 1. The fourth-order valence-corrected chi connectivity index (χ4v) is 4.31. The van der Waals surface area contributed by atoms with E-state index in [1.54, 1.807) is 18.3 Å². The van der Waals surface area contributed by atoms with Crippen molar-refractivity contribution in [3.63, 3.8) is 0 Å². The zero-order chi connectivity index (χ0) is 20.7. The van der Waals surface area contributed by atoms with Crippen molar-refractivity contribution >= 4 is 5.91 Å². The van der Waals surface area contributed by atoms with Gasteiger partial charge in [-0.25, -0.2) is 4.39 Å². The highest BCUT2D eigenvalue weighted by Crippen LogP contribution is 2.37. The number of aryl methyl sites for hydroxylation is 1. The van der Waals surface area contributed by atoms with E-state index < -0.39 is 0 Å². The van der Waals surface area contributed by atoms with Crippen molar-refractivity contribution in [2.45, 2.75) is 26.4 Å². The molecule has 2 aromatic heterocycles. The van der Waals surface area contributed by atoms with Gasteiger partial charge in [0.1, 0.15) is 11.5 Å². The van der Waals surface area contributed by atoms with Crippen LogP contribution in [0.1, 0.15) is 17.8 Å². The Bertz CT molecular complexity index is 1090. The van der Waals surface area contributed by atoms with E-state index >= 15 is 0 Å². The Hall–Kier alpha value is -3.06. The van der Waals surface area contributed by atoms with Crippen LogP contribution < -0.4 is 0 Å². The minimum absolute atomic E-state index is 0.0531. The summed E-state index contributed by atoms with van der Waals surface area (Å²) in [5, 5.41) is 4.86. The lowest BCUT2D eigenvalue weighted by Crippen LogP contribution is -2.42. The maximum atomic E-state index is 13.5. The highest BCUT2D eigenvalue weighted by molar-refractivity contribution is 5.84. The fraction of sp³-hybridized carbons (Fsp3) is 0.348. The van der Waals surface area contributed by atoms with E-state index in [-0.39, 0.29) is 17.6 Å². The average Bonchev–Trinajstić information content (AvgIpc) is 3.41. The largest absolute Gasteiger partial charge is 0.381 e. The number of benzene rings is 1. The number of halogens is 1. The molecule has 30 heavy (non-hydrogen) atoms. The first-order valence-electron chi connectivity index (χ1n) is 10.3. The molecule has 4 heterocycles. The molecule has 1 saturated heterocycles. The summed E-state index contributed by atoms with van der Waals surface area (Å²) in [5.41, 5.74) is 5.54. The van der Waals surface area contributed by atoms with Gasteiger partial charge in [-0.3, -0.25) is 14.5 Å². The SMILES string of the molecule is Cc1cc(-c2c(-c3ccc(F)cc3)nn3c2CN(C(=O)[C@H]2CCOC2)CC3)ccn1. The van der Waals surface area contributed by atoms with Crippen molar-refractivity contribution in [2.24, 2.45) is 5.92 Å². The first-order chi connectivity index (χ1) is 14.6. The van der Waals surface area contributed by atoms with Crippen molar-refractivity contribution in [3.8, 4) is 22.4 Å². The maximum absolute atomic E-state index is 13.5. The van der Waals surface area contributed by atoms with Crippen LogP contribution in [0, 0.1) is 18.7 Å². The van der Waals surface area contributed by atoms with Gasteiger partial charge in [0.15, 0.2) is 0 Å². The molecule has 2 aliphatic heterocycles. The standard InChI is InChI=1S/C23H23FN4O2/c1-15-12-17(6-8-25-15)21-20-13-27(23(29)18-7-11-30-14-18)9-10-28(20)26-22(21)16-2-4-19(24)5-3-16/h2-6,8,12,18H,7,9-11,13-14H2,1H3/t18-/m0/s1. The van der Waals surface area contributed by atoms with Crippen molar-refractivity contribution in [1.82, 2.24) is 19.7 Å². The smallest absolute Gasteiger partial charge is 0.228 e. The second-order valence-corrected chi connectivity index (χ2v) is 7.91. The van der Waals surface area contributed by atoms with Crippen LogP contribution in [-0.4, -0.2) is 45.3 Å². The Morgan fingerprint density at radius 2 is 2.00 bits per heavy atom. The zero-order valence-corrected chi connectivity index (χ0v) is 16.8. The maximum Gasteiger partial charge on any atom is 0.228 e. The molecule has 154 valence electrons. The minimum Gasteiger partial charge on any atom is -0.381 e. The molecule has 0 radical (unpaired) electrons. The third kappa shape index (κ3) is 3.39. The van der Waals surface area contributed by atoms with Gasteiger partial charge in [-0.2, -0.15) is 5.10 Å². The van der Waals surface area contributed by atoms with Gasteiger partial charge >= 0.3 is 0 Å². The van der Waals surface area contributed by atoms with E-state index in [2.05, 4.69) is 4.98 Å². The summed E-state index contributed by atoms with van der Waals surface area (Å²) in [6.45, 7) is 4.87. The fourth-order valence-electron chi connectivity index (χ4n) is 4.31. The summed E-state index contributed by atoms with van der Waals surface area (Å²) in [4.78, 5) is 19.2. The van der Waals surface area contributed by atoms with Gasteiger partial charge in [-0.05, 0) is 55.3 Å². The van der Waals surface area contributed by atoms with E-state index in [1.165, 1.54) is 12.1 Å². The topological polar surface area (TPSA) is 60.2 Å². The summed E-state index contributed by atoms with van der Waals surface area (Å²) >= 11 is 0. The molecule has 2 aliphatic rings. The van der Waals surface area contributed by atoms with Gasteiger partial charge in [0, 0.05) is 36.2 Å². The third-order valence-electron chi connectivity index (χ3n) is 5.87. The quantitative estimate of drug-likeness (QED) is 0.669. The lowest BCUT2D eigenvalue weighted by Gasteiger charge is -2.30. The van der Waals surface area contributed by atoms with Crippen LogP contribution in [0.4, 0.5) is 4.39 Å². The lowest BCUT2D eigenvalue weighted by atomic mass is 9.98. The van der Waals surface area contributed by atoms with Crippen LogP contribution in [0.5, 0.6) is 0 Å². The number of nitrogens with zero attached hydrogens (tertiary/aromatic N) is 4. The summed E-state index contributed by atoms with van der Waals surface area (Å²) in [6, 6.07) is 10.4. The number of hydrogen-bond acceptors (Lipinski definition) is 4. The van der Waals surface area contributed by atoms with Crippen molar-refractivity contribution in [3.05, 3.63) is 59.8 Å². The molecule has 5 rings (SSSR count). The second kappa shape index (κ2) is 7.65. The number of carbonyl (C=O) groups is 1. The number of pyridine rings is 1. The van der Waals surface area contributed by atoms with Crippen LogP contribution >= 0.6 is 0 Å². The van der Waals surface area contributed by atoms with E-state index in [0.29, 0.717) is 32.8 Å². The molecule has 0 spiro atoms. The summed E-state index contributed by atoms with van der Waals surface area (Å²) in [6.07, 6.45) is 2.57. The van der Waals surface area contributed by atoms with E-state index in [1.807, 2.05) is 28.6 Å². The van der Waals surface area contributed by atoms with Gasteiger partial charge in [0.05, 0.1) is 31.3 Å². The van der Waals surface area contributed by atoms with Gasteiger partial charge in [0.25, 0.3) is 0 Å². The minimum atomic E-state index is -0.278. The van der Waals surface area contributed by atoms with Crippen molar-refractivity contribution in [1.29, 1.82) is 0 Å². The molecule has 1 atom stereocenters. The van der Waals surface area contributed by atoms with Gasteiger partial charge < -0.3 is 9.64 Å². The molecule has 7 heteroatoms. The van der Waals surface area contributed by atoms with Crippen molar-refractivity contribution in [2.75, 3.05) is 19.8 Å². The molecule has 0 bridgehead atoms. The number of ether oxygens (including phenoxy) is 1. The van der Waals surface area contributed by atoms with Crippen LogP contribution in [0.15, 0.2) is 42.6 Å². The normalized spacial score (nSPS) is 18.5. The predicted octanol–water partition coefficient (Wildman–Crippen LogP) is 3.44. The van der Waals surface area contributed by atoms with E-state index in [0.717, 1.165) is 40.2 Å². The molecule has 0 saturated carbocycles. The number of aromatic nitrogens is 3. The Balaban J connectivity index is 1.59. The Labute approximate surface area is 174 Å². The van der Waals surface area contributed by atoms with Crippen LogP contribution in [0.2, 0.25) is 0 Å². The van der Waals surface area contributed by atoms with Gasteiger partial charge in [-0.15, -0.1) is 0 Å². The Kier molecular flexibility index (Phi) is 4.83. The number of hydrogen-bond donors (Lipinski definition) is 0. The molecule has 6 nitrogen and oxygen atoms in total. The van der Waals surface area contributed by atoms with Gasteiger partial charge in [-0.1, -0.05) is 0 Å². The monoisotopic (exact) mass is 406 g/mol. The van der Waals surface area contributed by atoms with Crippen LogP contribution in [0.25, 0.3) is 22.4 Å². The van der Waals surface area contributed by atoms with Crippen LogP contribution in [-0.2, 0) is 22.6 Å². The van der Waals surface area contributed by atoms with Crippen LogP contribution in [0.3, 0.4) is 0 Å². The molecule has 0 unspecified atom stereocenters. The zero-order valence-electron chi connectivity index (χ0n) is 16.8. The molecule has 3 aromatic rings. The van der Waals surface area contributed by atoms with Crippen molar-refractivity contribution < 1.29 is 13.9 Å². The molecule has 0 N–H and O–H groups in total. The summed E-state index contributed by atoms with van der Waals surface area (Å²) in [7, 11) is 0. The molecule has 1 amide bonds. The summed E-state index contributed by atoms with van der Waals surface area (Å²) in [5.74, 6) is -0.178. The van der Waals surface area contributed by atoms with E-state index in [9.17, 15) is 9.18 Å². The molecular formula is C23H23FN4O2. The average molecular weight is 406 g/mol. The third-order valence-corrected chi connectivity index (χ3v) is 5.87. The first-order valence-corrected chi connectivity index (χ1v) is 10.3. The first kappa shape index (κ1) is 18.9. The molecule has 1 aromatic carbocycles. The summed E-state index contributed by atoms with van der Waals surface area (Å²) < 4.78 is 20.9. The molecule has 0 aliphatic carbocycles. The molecular weight excluding hydrogens is 383 g/mol. The lowest BCUT2D eigenvalue weighted by molar-refractivity contribution is -0.137. The highest BCUT2D eigenvalue weighted by Gasteiger charge is 2.32.